The number of halogens is 2. The summed E-state index contributed by atoms with van der Waals surface area (Å²) in [5.41, 5.74) is 2.58. The summed E-state index contributed by atoms with van der Waals surface area (Å²) in [7, 11) is 0. The molecule has 2 atom stereocenters. The molecule has 0 saturated heterocycles. The Morgan fingerprint density at radius 2 is 1.41 bits per heavy atom. The summed E-state index contributed by atoms with van der Waals surface area (Å²) in [4.78, 5) is 25.2. The van der Waals surface area contributed by atoms with Crippen LogP contribution in [0, 0.1) is 5.92 Å². The molecule has 1 aliphatic rings. The maximum Gasteiger partial charge on any atom is 0.255 e. The molecular weight excluding hydrogens is 407 g/mol. The number of benzene rings is 3. The van der Waals surface area contributed by atoms with Crippen LogP contribution in [0.5, 0.6) is 0 Å². The second kappa shape index (κ2) is 8.27. The number of rotatable bonds is 5. The maximum absolute atomic E-state index is 12.7. The molecule has 6 heteroatoms. The quantitative estimate of drug-likeness (QED) is 0.528. The second-order valence-electron chi connectivity index (χ2n) is 6.97. The monoisotopic (exact) mass is 424 g/mol. The number of amides is 2. The third kappa shape index (κ3) is 4.44. The topological polar surface area (TPSA) is 58.2 Å². The zero-order valence-corrected chi connectivity index (χ0v) is 16.9. The molecule has 0 heterocycles. The zero-order valence-electron chi connectivity index (χ0n) is 15.4. The Balaban J connectivity index is 1.45. The van der Waals surface area contributed by atoms with Gasteiger partial charge in [-0.3, -0.25) is 9.59 Å². The van der Waals surface area contributed by atoms with Crippen LogP contribution in [0.2, 0.25) is 10.0 Å². The van der Waals surface area contributed by atoms with Crippen molar-refractivity contribution in [2.24, 2.45) is 5.92 Å². The molecule has 0 aromatic heterocycles. The van der Waals surface area contributed by atoms with Gasteiger partial charge >= 0.3 is 0 Å². The molecule has 3 aromatic carbocycles. The fraction of sp³-hybridized carbons (Fsp3) is 0.130. The van der Waals surface area contributed by atoms with E-state index >= 15 is 0 Å². The summed E-state index contributed by atoms with van der Waals surface area (Å²) in [6.07, 6.45) is 0.759. The molecule has 0 radical (unpaired) electrons. The molecule has 4 rings (SSSR count). The summed E-state index contributed by atoms with van der Waals surface area (Å²) in [5.74, 6) is -0.360. The fourth-order valence-electron chi connectivity index (χ4n) is 3.33. The van der Waals surface area contributed by atoms with Gasteiger partial charge in [-0.25, -0.2) is 0 Å². The molecule has 4 nitrogen and oxygen atoms in total. The predicted molar refractivity (Wildman–Crippen MR) is 117 cm³/mol. The van der Waals surface area contributed by atoms with E-state index in [2.05, 4.69) is 10.6 Å². The van der Waals surface area contributed by atoms with E-state index in [1.54, 1.807) is 42.5 Å². The highest BCUT2D eigenvalue weighted by Crippen LogP contribution is 2.50. The first-order valence-corrected chi connectivity index (χ1v) is 10.00. The van der Waals surface area contributed by atoms with E-state index in [0.29, 0.717) is 27.0 Å². The van der Waals surface area contributed by atoms with Crippen molar-refractivity contribution in [2.75, 3.05) is 10.6 Å². The summed E-state index contributed by atoms with van der Waals surface area (Å²) in [6, 6.07) is 21.4. The first-order valence-electron chi connectivity index (χ1n) is 9.24. The van der Waals surface area contributed by atoms with E-state index in [1.165, 1.54) is 0 Å². The van der Waals surface area contributed by atoms with Crippen molar-refractivity contribution in [2.45, 2.75) is 12.3 Å². The Morgan fingerprint density at radius 3 is 2.10 bits per heavy atom. The van der Waals surface area contributed by atoms with Gasteiger partial charge in [0.15, 0.2) is 0 Å². The average Bonchev–Trinajstić information content (AvgIpc) is 3.51. The van der Waals surface area contributed by atoms with Gasteiger partial charge in [-0.05, 0) is 60.4 Å². The number of para-hydroxylation sites is 2. The first-order chi connectivity index (χ1) is 14.0. The van der Waals surface area contributed by atoms with Crippen LogP contribution in [0.25, 0.3) is 0 Å². The Kier molecular flexibility index (Phi) is 5.56. The Labute approximate surface area is 178 Å². The third-order valence-corrected chi connectivity index (χ3v) is 5.57. The van der Waals surface area contributed by atoms with E-state index in [4.69, 9.17) is 23.2 Å². The van der Waals surface area contributed by atoms with Crippen LogP contribution in [0.4, 0.5) is 11.4 Å². The molecule has 2 unspecified atom stereocenters. The summed E-state index contributed by atoms with van der Waals surface area (Å²) >= 11 is 12.1. The number of hydrogen-bond donors (Lipinski definition) is 2. The van der Waals surface area contributed by atoms with E-state index < -0.39 is 0 Å². The number of hydrogen-bond acceptors (Lipinski definition) is 2. The molecular formula is C23H18Cl2N2O2. The standard InChI is InChI=1S/C23H18Cl2N2O2/c24-15-11-9-14(10-12-15)22(28)26-20-7-3-4-8-21(20)27-23(29)18-13-17(18)16-5-1-2-6-19(16)25/h1-12,17-18H,13H2,(H,26,28)(H,27,29). The molecule has 2 N–H and O–H groups in total. The van der Waals surface area contributed by atoms with Crippen molar-refractivity contribution >= 4 is 46.4 Å². The smallest absolute Gasteiger partial charge is 0.255 e. The minimum absolute atomic E-state index is 0.0805. The Bertz CT molecular complexity index is 1070. The van der Waals surface area contributed by atoms with Crippen molar-refractivity contribution in [1.82, 2.24) is 0 Å². The van der Waals surface area contributed by atoms with Crippen molar-refractivity contribution < 1.29 is 9.59 Å². The Morgan fingerprint density at radius 1 is 0.793 bits per heavy atom. The minimum Gasteiger partial charge on any atom is -0.324 e. The second-order valence-corrected chi connectivity index (χ2v) is 7.81. The third-order valence-electron chi connectivity index (χ3n) is 4.97. The molecule has 1 aliphatic carbocycles. The minimum atomic E-state index is -0.274. The predicted octanol–water partition coefficient (Wildman–Crippen LogP) is 5.99. The lowest BCUT2D eigenvalue weighted by Gasteiger charge is -2.12. The van der Waals surface area contributed by atoms with Crippen molar-refractivity contribution in [3.05, 3.63) is 94.0 Å². The lowest BCUT2D eigenvalue weighted by Crippen LogP contribution is -2.18. The van der Waals surface area contributed by atoms with Crippen molar-refractivity contribution in [1.29, 1.82) is 0 Å². The molecule has 2 amide bonds. The SMILES string of the molecule is O=C(Nc1ccccc1NC(=O)C1CC1c1ccccc1Cl)c1ccc(Cl)cc1. The van der Waals surface area contributed by atoms with Gasteiger partial charge in [0.25, 0.3) is 5.91 Å². The normalized spacial score (nSPS) is 17.4. The highest BCUT2D eigenvalue weighted by molar-refractivity contribution is 6.31. The molecule has 0 bridgehead atoms. The van der Waals surface area contributed by atoms with Gasteiger partial charge in [-0.15, -0.1) is 0 Å². The number of anilines is 2. The van der Waals surface area contributed by atoms with Crippen molar-refractivity contribution in [3.8, 4) is 0 Å². The van der Waals surface area contributed by atoms with Gasteiger partial charge in [0.05, 0.1) is 11.4 Å². The van der Waals surface area contributed by atoms with E-state index in [0.717, 1.165) is 12.0 Å². The molecule has 1 saturated carbocycles. The van der Waals surface area contributed by atoms with E-state index in [9.17, 15) is 9.59 Å². The lowest BCUT2D eigenvalue weighted by atomic mass is 10.1. The molecule has 3 aromatic rings. The van der Waals surface area contributed by atoms with E-state index in [1.807, 2.05) is 30.3 Å². The van der Waals surface area contributed by atoms with Crippen LogP contribution in [-0.2, 0) is 4.79 Å². The summed E-state index contributed by atoms with van der Waals surface area (Å²) < 4.78 is 0. The highest BCUT2D eigenvalue weighted by Gasteiger charge is 2.44. The first kappa shape index (κ1) is 19.5. The number of carbonyl (C=O) groups excluding carboxylic acids is 2. The Hall–Kier alpha value is -2.82. The number of nitrogens with one attached hydrogen (secondary N) is 2. The van der Waals surface area contributed by atoms with Crippen LogP contribution < -0.4 is 10.6 Å². The van der Waals surface area contributed by atoms with E-state index in [-0.39, 0.29) is 23.7 Å². The van der Waals surface area contributed by atoms with Crippen molar-refractivity contribution in [3.63, 3.8) is 0 Å². The van der Waals surface area contributed by atoms with Gasteiger partial charge in [-0.1, -0.05) is 53.5 Å². The van der Waals surface area contributed by atoms with Gasteiger partial charge < -0.3 is 10.6 Å². The van der Waals surface area contributed by atoms with Crippen LogP contribution in [0.15, 0.2) is 72.8 Å². The maximum atomic E-state index is 12.7. The molecule has 0 spiro atoms. The van der Waals surface area contributed by atoms with Gasteiger partial charge in [0, 0.05) is 21.5 Å². The summed E-state index contributed by atoms with van der Waals surface area (Å²) in [5, 5.41) is 7.03. The number of carbonyl (C=O) groups is 2. The van der Waals surface area contributed by atoms with Crippen LogP contribution >= 0.6 is 23.2 Å². The van der Waals surface area contributed by atoms with Gasteiger partial charge in [-0.2, -0.15) is 0 Å². The molecule has 29 heavy (non-hydrogen) atoms. The van der Waals surface area contributed by atoms with Crippen LogP contribution in [0.3, 0.4) is 0 Å². The molecule has 1 fully saturated rings. The van der Waals surface area contributed by atoms with Crippen LogP contribution in [0.1, 0.15) is 28.3 Å². The largest absolute Gasteiger partial charge is 0.324 e. The van der Waals surface area contributed by atoms with Gasteiger partial charge in [0.2, 0.25) is 5.91 Å². The lowest BCUT2D eigenvalue weighted by molar-refractivity contribution is -0.117. The average molecular weight is 425 g/mol. The van der Waals surface area contributed by atoms with Crippen LogP contribution in [-0.4, -0.2) is 11.8 Å². The zero-order chi connectivity index (χ0) is 20.4. The van der Waals surface area contributed by atoms with Gasteiger partial charge in [0.1, 0.15) is 0 Å². The molecule has 146 valence electrons. The fourth-order valence-corrected chi connectivity index (χ4v) is 3.73. The molecule has 0 aliphatic heterocycles. The highest BCUT2D eigenvalue weighted by atomic mass is 35.5. The summed E-state index contributed by atoms with van der Waals surface area (Å²) in [6.45, 7) is 0.